The minimum absolute atomic E-state index is 0.0308. The van der Waals surface area contributed by atoms with Gasteiger partial charge in [-0.3, -0.25) is 14.2 Å². The molecule has 2 N–H and O–H groups in total. The number of hydrogen-bond donors (Lipinski definition) is 2. The predicted octanol–water partition coefficient (Wildman–Crippen LogP) is 2.52. The average Bonchev–Trinajstić information content (AvgIpc) is 2.82. The standard InChI is InChI=1S/C23H25N3O5S/c1-15(16-7-8-19-20(13-16)31-12-11-30-19)24-21(28)14-32-23-25-18-6-3-2-5-17(18)22(29)26(23)9-4-10-27/h2-3,5-8,13,15,27H,4,9-12,14H2,1H3,(H,24,28). The topological polar surface area (TPSA) is 103 Å². The van der Waals surface area contributed by atoms with Crippen molar-refractivity contribution in [3.63, 3.8) is 0 Å². The predicted molar refractivity (Wildman–Crippen MR) is 122 cm³/mol. The maximum Gasteiger partial charge on any atom is 0.262 e. The van der Waals surface area contributed by atoms with Crippen LogP contribution in [0.15, 0.2) is 52.4 Å². The second-order valence-electron chi connectivity index (χ2n) is 7.43. The first-order chi connectivity index (χ1) is 15.6. The quantitative estimate of drug-likeness (QED) is 0.397. The van der Waals surface area contributed by atoms with Gasteiger partial charge in [0.05, 0.1) is 22.7 Å². The van der Waals surface area contributed by atoms with Crippen LogP contribution < -0.4 is 20.3 Å². The summed E-state index contributed by atoms with van der Waals surface area (Å²) in [5.74, 6) is 1.32. The van der Waals surface area contributed by atoms with Crippen LogP contribution >= 0.6 is 11.8 Å². The normalized spacial score (nSPS) is 13.7. The van der Waals surface area contributed by atoms with Gasteiger partial charge in [-0.1, -0.05) is 30.0 Å². The first-order valence-corrected chi connectivity index (χ1v) is 11.5. The number of rotatable bonds is 8. The SMILES string of the molecule is CC(NC(=O)CSc1nc2ccccc2c(=O)n1CCCO)c1ccc2c(c1)OCCO2. The van der Waals surface area contributed by atoms with Crippen LogP contribution in [0.4, 0.5) is 0 Å². The third-order valence-corrected chi connectivity index (χ3v) is 6.12. The van der Waals surface area contributed by atoms with E-state index in [0.29, 0.717) is 53.7 Å². The highest BCUT2D eigenvalue weighted by atomic mass is 32.2. The number of nitrogens with one attached hydrogen (secondary N) is 1. The Morgan fingerprint density at radius 3 is 2.81 bits per heavy atom. The highest BCUT2D eigenvalue weighted by Gasteiger charge is 2.17. The van der Waals surface area contributed by atoms with Gasteiger partial charge in [0.25, 0.3) is 5.56 Å². The zero-order valence-corrected chi connectivity index (χ0v) is 18.6. The molecule has 1 aromatic heterocycles. The van der Waals surface area contributed by atoms with Crippen LogP contribution in [0.5, 0.6) is 11.5 Å². The van der Waals surface area contributed by atoms with E-state index in [4.69, 9.17) is 9.47 Å². The second kappa shape index (κ2) is 10.1. The Hall–Kier alpha value is -3.04. The molecule has 4 rings (SSSR count). The van der Waals surface area contributed by atoms with Crippen molar-refractivity contribution in [3.05, 3.63) is 58.4 Å². The summed E-state index contributed by atoms with van der Waals surface area (Å²) in [6.07, 6.45) is 0.431. The first-order valence-electron chi connectivity index (χ1n) is 10.5. The van der Waals surface area contributed by atoms with Crippen molar-refractivity contribution >= 4 is 28.6 Å². The van der Waals surface area contributed by atoms with Crippen LogP contribution in [0.3, 0.4) is 0 Å². The molecular weight excluding hydrogens is 430 g/mol. The van der Waals surface area contributed by atoms with Crippen LogP contribution in [-0.2, 0) is 11.3 Å². The average molecular weight is 456 g/mol. The fraction of sp³-hybridized carbons (Fsp3) is 0.348. The molecule has 3 aromatic rings. The Labute approximate surface area is 189 Å². The Balaban J connectivity index is 1.46. The molecule has 2 aromatic carbocycles. The number of para-hydroxylation sites is 1. The van der Waals surface area contributed by atoms with Gasteiger partial charge < -0.3 is 19.9 Å². The largest absolute Gasteiger partial charge is 0.486 e. The number of aliphatic hydroxyl groups is 1. The summed E-state index contributed by atoms with van der Waals surface area (Å²) in [4.78, 5) is 30.1. The lowest BCUT2D eigenvalue weighted by Gasteiger charge is -2.21. The molecule has 1 aliphatic rings. The fourth-order valence-electron chi connectivity index (χ4n) is 3.51. The molecule has 2 heterocycles. The number of carbonyl (C=O) groups is 1. The number of ether oxygens (including phenoxy) is 2. The summed E-state index contributed by atoms with van der Waals surface area (Å²) in [6, 6.07) is 12.5. The van der Waals surface area contributed by atoms with Gasteiger partial charge in [-0.05, 0) is 43.2 Å². The number of hydrogen-bond acceptors (Lipinski definition) is 7. The van der Waals surface area contributed by atoms with Crippen molar-refractivity contribution < 1.29 is 19.4 Å². The number of fused-ring (bicyclic) bond motifs is 2. The van der Waals surface area contributed by atoms with Gasteiger partial charge in [-0.15, -0.1) is 0 Å². The van der Waals surface area contributed by atoms with E-state index in [9.17, 15) is 14.7 Å². The molecule has 9 heteroatoms. The van der Waals surface area contributed by atoms with Crippen molar-refractivity contribution in [3.8, 4) is 11.5 Å². The van der Waals surface area contributed by atoms with Crippen LogP contribution in [0.25, 0.3) is 10.9 Å². The second-order valence-corrected chi connectivity index (χ2v) is 8.37. The van der Waals surface area contributed by atoms with Gasteiger partial charge in [0, 0.05) is 13.2 Å². The highest BCUT2D eigenvalue weighted by Crippen LogP contribution is 2.32. The van der Waals surface area contributed by atoms with E-state index >= 15 is 0 Å². The zero-order valence-electron chi connectivity index (χ0n) is 17.7. The summed E-state index contributed by atoms with van der Waals surface area (Å²) in [7, 11) is 0. The number of aliphatic hydroxyl groups excluding tert-OH is 1. The van der Waals surface area contributed by atoms with Gasteiger partial charge in [-0.2, -0.15) is 0 Å². The monoisotopic (exact) mass is 455 g/mol. The minimum atomic E-state index is -0.222. The molecule has 0 fully saturated rings. The van der Waals surface area contributed by atoms with E-state index in [-0.39, 0.29) is 29.9 Å². The Kier molecular flexibility index (Phi) is 6.96. The number of amides is 1. The zero-order chi connectivity index (χ0) is 22.5. The lowest BCUT2D eigenvalue weighted by molar-refractivity contribution is -0.119. The third kappa shape index (κ3) is 4.89. The smallest absolute Gasteiger partial charge is 0.262 e. The Bertz CT molecular complexity index is 1180. The van der Waals surface area contributed by atoms with Crippen molar-refractivity contribution in [1.82, 2.24) is 14.9 Å². The molecule has 0 bridgehead atoms. The van der Waals surface area contributed by atoms with Crippen molar-refractivity contribution in [2.45, 2.75) is 31.1 Å². The summed E-state index contributed by atoms with van der Waals surface area (Å²) in [5, 5.41) is 13.2. The van der Waals surface area contributed by atoms with Gasteiger partial charge >= 0.3 is 0 Å². The number of nitrogens with zero attached hydrogens (tertiary/aromatic N) is 2. The lowest BCUT2D eigenvalue weighted by Crippen LogP contribution is -2.29. The minimum Gasteiger partial charge on any atom is -0.486 e. The molecular formula is C23H25N3O5S. The van der Waals surface area contributed by atoms with Gasteiger partial charge in [0.2, 0.25) is 5.91 Å². The molecule has 0 radical (unpaired) electrons. The highest BCUT2D eigenvalue weighted by molar-refractivity contribution is 7.99. The van der Waals surface area contributed by atoms with Gasteiger partial charge in [0.1, 0.15) is 13.2 Å². The van der Waals surface area contributed by atoms with E-state index in [1.807, 2.05) is 31.2 Å². The molecule has 1 amide bonds. The van der Waals surface area contributed by atoms with Gasteiger partial charge in [-0.25, -0.2) is 4.98 Å². The molecule has 8 nitrogen and oxygen atoms in total. The lowest BCUT2D eigenvalue weighted by atomic mass is 10.1. The summed E-state index contributed by atoms with van der Waals surface area (Å²) in [5.41, 5.74) is 1.33. The maximum absolute atomic E-state index is 12.9. The first kappa shape index (κ1) is 22.2. The summed E-state index contributed by atoms with van der Waals surface area (Å²) in [6.45, 7) is 3.24. The molecule has 1 aliphatic heterocycles. The van der Waals surface area contributed by atoms with Gasteiger partial charge in [0.15, 0.2) is 16.7 Å². The van der Waals surface area contributed by atoms with Crippen LogP contribution in [0.2, 0.25) is 0 Å². The number of benzene rings is 2. The molecule has 0 aliphatic carbocycles. The maximum atomic E-state index is 12.9. The van der Waals surface area contributed by atoms with Crippen molar-refractivity contribution in [1.29, 1.82) is 0 Å². The fourth-order valence-corrected chi connectivity index (χ4v) is 4.35. The van der Waals surface area contributed by atoms with E-state index in [1.165, 1.54) is 16.3 Å². The Morgan fingerprint density at radius 1 is 1.22 bits per heavy atom. The summed E-state index contributed by atoms with van der Waals surface area (Å²) >= 11 is 1.21. The van der Waals surface area contributed by atoms with Crippen molar-refractivity contribution in [2.75, 3.05) is 25.6 Å². The molecule has 32 heavy (non-hydrogen) atoms. The number of aromatic nitrogens is 2. The molecule has 0 saturated heterocycles. The third-order valence-electron chi connectivity index (χ3n) is 5.14. The Morgan fingerprint density at radius 2 is 2.00 bits per heavy atom. The van der Waals surface area contributed by atoms with E-state index in [1.54, 1.807) is 18.2 Å². The summed E-state index contributed by atoms with van der Waals surface area (Å²) < 4.78 is 12.7. The molecule has 0 spiro atoms. The molecule has 1 atom stereocenters. The molecule has 1 unspecified atom stereocenters. The van der Waals surface area contributed by atoms with Crippen LogP contribution in [0.1, 0.15) is 24.9 Å². The van der Waals surface area contributed by atoms with Crippen LogP contribution in [0, 0.1) is 0 Å². The number of thioether (sulfide) groups is 1. The van der Waals surface area contributed by atoms with Crippen molar-refractivity contribution in [2.24, 2.45) is 0 Å². The number of carbonyl (C=O) groups excluding carboxylic acids is 1. The van der Waals surface area contributed by atoms with E-state index in [2.05, 4.69) is 10.3 Å². The van der Waals surface area contributed by atoms with Crippen LogP contribution in [-0.4, -0.2) is 46.1 Å². The van der Waals surface area contributed by atoms with E-state index < -0.39 is 0 Å². The van der Waals surface area contributed by atoms with E-state index in [0.717, 1.165) is 5.56 Å². The molecule has 0 saturated carbocycles. The molecule has 168 valence electrons.